The molecular formula is C24H17ClIN3O5. The second-order valence-electron chi connectivity index (χ2n) is 6.85. The maximum atomic E-state index is 12.6. The lowest BCUT2D eigenvalue weighted by Crippen LogP contribution is -2.13. The molecule has 1 N–H and O–H groups in total. The number of benzene rings is 3. The summed E-state index contributed by atoms with van der Waals surface area (Å²) >= 11 is 8.12. The second-order valence-corrected chi connectivity index (χ2v) is 8.42. The zero-order valence-corrected chi connectivity index (χ0v) is 20.7. The van der Waals surface area contributed by atoms with Crippen molar-refractivity contribution in [2.24, 2.45) is 0 Å². The number of nitro groups is 1. The van der Waals surface area contributed by atoms with Crippen LogP contribution in [-0.4, -0.2) is 17.9 Å². The summed E-state index contributed by atoms with van der Waals surface area (Å²) in [5, 5.41) is 23.5. The van der Waals surface area contributed by atoms with E-state index in [1.807, 2.05) is 6.07 Å². The Morgan fingerprint density at radius 3 is 2.68 bits per heavy atom. The molecule has 0 saturated carbocycles. The normalized spacial score (nSPS) is 10.8. The van der Waals surface area contributed by atoms with Crippen molar-refractivity contribution in [2.75, 3.05) is 12.4 Å². The number of nitrogens with one attached hydrogen (secondary N) is 1. The Bertz CT molecular complexity index is 1320. The molecule has 8 nitrogen and oxygen atoms in total. The summed E-state index contributed by atoms with van der Waals surface area (Å²) in [6, 6.07) is 18.1. The number of ether oxygens (including phenoxy) is 2. The van der Waals surface area contributed by atoms with E-state index in [1.165, 1.54) is 25.3 Å². The molecular weight excluding hydrogens is 573 g/mol. The molecule has 0 saturated heterocycles. The van der Waals surface area contributed by atoms with Crippen molar-refractivity contribution in [3.05, 3.63) is 96.1 Å². The lowest BCUT2D eigenvalue weighted by molar-refractivity contribution is -0.384. The van der Waals surface area contributed by atoms with E-state index < -0.39 is 10.8 Å². The molecule has 0 radical (unpaired) electrons. The molecule has 0 atom stereocenters. The number of nitriles is 1. The summed E-state index contributed by atoms with van der Waals surface area (Å²) in [6.45, 7) is 0.0902. The third kappa shape index (κ3) is 6.24. The monoisotopic (exact) mass is 589 g/mol. The zero-order valence-electron chi connectivity index (χ0n) is 17.7. The van der Waals surface area contributed by atoms with Crippen LogP contribution in [0.25, 0.3) is 6.08 Å². The van der Waals surface area contributed by atoms with Gasteiger partial charge in [-0.15, -0.1) is 0 Å². The number of anilines is 1. The van der Waals surface area contributed by atoms with Gasteiger partial charge in [-0.25, -0.2) is 0 Å². The van der Waals surface area contributed by atoms with Crippen molar-refractivity contribution in [1.82, 2.24) is 0 Å². The van der Waals surface area contributed by atoms with Crippen LogP contribution < -0.4 is 14.8 Å². The number of halogens is 2. The van der Waals surface area contributed by atoms with Gasteiger partial charge in [0, 0.05) is 12.1 Å². The Balaban J connectivity index is 1.83. The third-order valence-electron chi connectivity index (χ3n) is 4.55. The quantitative estimate of drug-likeness (QED) is 0.114. The SMILES string of the molecule is COc1cc(/C=C(\C#N)C(=O)Nc2ccccc2Cl)cc(I)c1OCc1cccc([N+](=O)[O-])c1. The van der Waals surface area contributed by atoms with Crippen LogP contribution in [0, 0.1) is 25.0 Å². The van der Waals surface area contributed by atoms with Crippen LogP contribution in [0.4, 0.5) is 11.4 Å². The Morgan fingerprint density at radius 1 is 1.24 bits per heavy atom. The number of hydrogen-bond donors (Lipinski definition) is 1. The molecule has 0 spiro atoms. The molecule has 0 aliphatic rings. The van der Waals surface area contributed by atoms with Gasteiger partial charge in [0.15, 0.2) is 11.5 Å². The Labute approximate surface area is 214 Å². The van der Waals surface area contributed by atoms with E-state index in [0.717, 1.165) is 0 Å². The summed E-state index contributed by atoms with van der Waals surface area (Å²) in [4.78, 5) is 23.1. The van der Waals surface area contributed by atoms with Gasteiger partial charge in [0.05, 0.1) is 26.3 Å². The molecule has 0 bridgehead atoms. The number of hydrogen-bond acceptors (Lipinski definition) is 6. The van der Waals surface area contributed by atoms with E-state index >= 15 is 0 Å². The predicted octanol–water partition coefficient (Wildman–Crippen LogP) is 5.99. The third-order valence-corrected chi connectivity index (χ3v) is 5.69. The number of nitrogens with zero attached hydrogens (tertiary/aromatic N) is 2. The van der Waals surface area contributed by atoms with Gasteiger partial charge >= 0.3 is 0 Å². The van der Waals surface area contributed by atoms with Crippen molar-refractivity contribution >= 4 is 57.5 Å². The van der Waals surface area contributed by atoms with E-state index in [4.69, 9.17) is 21.1 Å². The molecule has 1 amide bonds. The minimum Gasteiger partial charge on any atom is -0.493 e. The Hall–Kier alpha value is -3.62. The highest BCUT2D eigenvalue weighted by Crippen LogP contribution is 2.35. The van der Waals surface area contributed by atoms with Crippen LogP contribution in [-0.2, 0) is 11.4 Å². The average Bonchev–Trinajstić information content (AvgIpc) is 2.83. The standard InChI is InChI=1S/C24H17ClIN3O5/c1-33-22-12-16(9-17(13-27)24(30)28-21-8-3-2-7-19(21)25)11-20(26)23(22)34-14-15-5-4-6-18(10-15)29(31)32/h2-12H,14H2,1H3,(H,28,30)/b17-9+. The van der Waals surface area contributed by atoms with Gasteiger partial charge in [0.2, 0.25) is 0 Å². The smallest absolute Gasteiger partial charge is 0.269 e. The topological polar surface area (TPSA) is 114 Å². The largest absolute Gasteiger partial charge is 0.493 e. The first-order chi connectivity index (χ1) is 16.3. The van der Waals surface area contributed by atoms with Crippen LogP contribution in [0.15, 0.2) is 66.2 Å². The highest BCUT2D eigenvalue weighted by atomic mass is 127. The van der Waals surface area contributed by atoms with E-state index in [9.17, 15) is 20.2 Å². The highest BCUT2D eigenvalue weighted by molar-refractivity contribution is 14.1. The molecule has 34 heavy (non-hydrogen) atoms. The van der Waals surface area contributed by atoms with E-state index in [-0.39, 0.29) is 17.9 Å². The summed E-state index contributed by atoms with van der Waals surface area (Å²) in [5.74, 6) is 0.216. The number of methoxy groups -OCH3 is 1. The van der Waals surface area contributed by atoms with Crippen molar-refractivity contribution < 1.29 is 19.2 Å². The summed E-state index contributed by atoms with van der Waals surface area (Å²) in [5.41, 5.74) is 1.42. The second kappa shape index (κ2) is 11.5. The van der Waals surface area contributed by atoms with Gasteiger partial charge in [-0.3, -0.25) is 14.9 Å². The molecule has 10 heteroatoms. The van der Waals surface area contributed by atoms with Crippen LogP contribution in [0.5, 0.6) is 11.5 Å². The molecule has 0 unspecified atom stereocenters. The van der Waals surface area contributed by atoms with Crippen molar-refractivity contribution in [1.29, 1.82) is 5.26 Å². The number of rotatable bonds is 8. The fourth-order valence-electron chi connectivity index (χ4n) is 2.95. The summed E-state index contributed by atoms with van der Waals surface area (Å²) in [7, 11) is 1.47. The molecule has 172 valence electrons. The van der Waals surface area contributed by atoms with E-state index in [1.54, 1.807) is 48.5 Å². The average molecular weight is 590 g/mol. The fourth-order valence-corrected chi connectivity index (χ4v) is 3.91. The molecule has 3 aromatic rings. The molecule has 0 fully saturated rings. The number of para-hydroxylation sites is 1. The molecule has 3 rings (SSSR count). The number of amides is 1. The molecule has 3 aromatic carbocycles. The Kier molecular flexibility index (Phi) is 8.45. The van der Waals surface area contributed by atoms with Crippen LogP contribution in [0.2, 0.25) is 5.02 Å². The predicted molar refractivity (Wildman–Crippen MR) is 137 cm³/mol. The first-order valence-corrected chi connectivity index (χ1v) is 11.2. The lowest BCUT2D eigenvalue weighted by Gasteiger charge is -2.14. The first kappa shape index (κ1) is 25.0. The van der Waals surface area contributed by atoms with Crippen LogP contribution in [0.1, 0.15) is 11.1 Å². The minimum absolute atomic E-state index is 0.0256. The lowest BCUT2D eigenvalue weighted by atomic mass is 10.1. The molecule has 0 aliphatic heterocycles. The van der Waals surface area contributed by atoms with Gasteiger partial charge < -0.3 is 14.8 Å². The maximum Gasteiger partial charge on any atom is 0.269 e. The van der Waals surface area contributed by atoms with Gasteiger partial charge in [-0.05, 0) is 64.1 Å². The van der Waals surface area contributed by atoms with Crippen molar-refractivity contribution in [3.63, 3.8) is 0 Å². The summed E-state index contributed by atoms with van der Waals surface area (Å²) < 4.78 is 12.0. The number of non-ortho nitro benzene ring substituents is 1. The highest BCUT2D eigenvalue weighted by Gasteiger charge is 2.15. The van der Waals surface area contributed by atoms with Crippen LogP contribution in [0.3, 0.4) is 0 Å². The zero-order chi connectivity index (χ0) is 24.7. The van der Waals surface area contributed by atoms with Crippen LogP contribution >= 0.6 is 34.2 Å². The van der Waals surface area contributed by atoms with Crippen molar-refractivity contribution in [3.8, 4) is 17.6 Å². The number of carbonyl (C=O) groups excluding carboxylic acids is 1. The first-order valence-electron chi connectivity index (χ1n) is 9.73. The van der Waals surface area contributed by atoms with Crippen molar-refractivity contribution in [2.45, 2.75) is 6.61 Å². The molecule has 0 aliphatic carbocycles. The number of nitro benzene ring substituents is 1. The van der Waals surface area contributed by atoms with E-state index in [0.29, 0.717) is 36.9 Å². The van der Waals surface area contributed by atoms with Gasteiger partial charge in [0.25, 0.3) is 11.6 Å². The summed E-state index contributed by atoms with van der Waals surface area (Å²) in [6.07, 6.45) is 1.43. The molecule has 0 heterocycles. The fraction of sp³-hybridized carbons (Fsp3) is 0.0833. The maximum absolute atomic E-state index is 12.6. The minimum atomic E-state index is -0.601. The van der Waals surface area contributed by atoms with Gasteiger partial charge in [-0.1, -0.05) is 35.9 Å². The van der Waals surface area contributed by atoms with Gasteiger partial charge in [-0.2, -0.15) is 5.26 Å². The Morgan fingerprint density at radius 2 is 2.00 bits per heavy atom. The van der Waals surface area contributed by atoms with Gasteiger partial charge in [0.1, 0.15) is 18.2 Å². The number of carbonyl (C=O) groups is 1. The van der Waals surface area contributed by atoms with E-state index in [2.05, 4.69) is 27.9 Å². The molecule has 0 aromatic heterocycles.